The molecule has 0 N–H and O–H groups in total. The fourth-order valence-electron chi connectivity index (χ4n) is 3.82. The molecule has 1 aliphatic rings. The van der Waals surface area contributed by atoms with Gasteiger partial charge in [0.2, 0.25) is 11.8 Å². The summed E-state index contributed by atoms with van der Waals surface area (Å²) in [6, 6.07) is 10.3. The smallest absolute Gasteiger partial charge is 0.228 e. The van der Waals surface area contributed by atoms with Gasteiger partial charge in [-0.2, -0.15) is 0 Å². The van der Waals surface area contributed by atoms with Crippen LogP contribution in [0.1, 0.15) is 37.6 Å². The molecular weight excluding hydrogens is 425 g/mol. The first-order valence-corrected chi connectivity index (χ1v) is 12.1. The Labute approximate surface area is 194 Å². The Morgan fingerprint density at radius 2 is 1.75 bits per heavy atom. The summed E-state index contributed by atoms with van der Waals surface area (Å²) in [5.74, 6) is 0.0288. The summed E-state index contributed by atoms with van der Waals surface area (Å²) in [4.78, 5) is 32.7. The molecule has 1 saturated heterocycles. The van der Waals surface area contributed by atoms with Gasteiger partial charge in [-0.05, 0) is 34.6 Å². The van der Waals surface area contributed by atoms with Gasteiger partial charge in [-0.3, -0.25) is 14.5 Å². The van der Waals surface area contributed by atoms with E-state index in [1.807, 2.05) is 27.3 Å². The summed E-state index contributed by atoms with van der Waals surface area (Å²) in [6.07, 6.45) is 0.948. The second kappa shape index (κ2) is 11.1. The van der Waals surface area contributed by atoms with Crippen molar-refractivity contribution >= 4 is 23.2 Å². The van der Waals surface area contributed by atoms with Crippen LogP contribution in [0.15, 0.2) is 41.8 Å². The first kappa shape index (κ1) is 24.4. The van der Waals surface area contributed by atoms with Crippen LogP contribution < -0.4 is 0 Å². The van der Waals surface area contributed by atoms with E-state index in [1.54, 1.807) is 23.5 Å². The normalized spacial score (nSPS) is 15.1. The van der Waals surface area contributed by atoms with Crippen molar-refractivity contribution in [2.24, 2.45) is 5.41 Å². The quantitative estimate of drug-likeness (QED) is 0.599. The number of hydrogen-bond acceptors (Lipinski definition) is 4. The van der Waals surface area contributed by atoms with E-state index in [2.05, 4.69) is 25.7 Å². The van der Waals surface area contributed by atoms with Crippen molar-refractivity contribution < 1.29 is 14.0 Å². The zero-order valence-electron chi connectivity index (χ0n) is 19.3. The minimum absolute atomic E-state index is 0.00199. The Kier molecular flexibility index (Phi) is 8.43. The van der Waals surface area contributed by atoms with Crippen LogP contribution in [0.5, 0.6) is 0 Å². The van der Waals surface area contributed by atoms with E-state index in [9.17, 15) is 14.0 Å². The number of carbonyl (C=O) groups excluding carboxylic acids is 2. The van der Waals surface area contributed by atoms with Gasteiger partial charge in [0, 0.05) is 57.1 Å². The van der Waals surface area contributed by atoms with Crippen LogP contribution in [0, 0.1) is 11.2 Å². The van der Waals surface area contributed by atoms with Crippen LogP contribution in [0.2, 0.25) is 0 Å². The van der Waals surface area contributed by atoms with Crippen LogP contribution in [0.3, 0.4) is 0 Å². The van der Waals surface area contributed by atoms with Crippen molar-refractivity contribution in [2.45, 2.75) is 40.2 Å². The van der Waals surface area contributed by atoms with Crippen LogP contribution in [0.4, 0.5) is 4.39 Å². The summed E-state index contributed by atoms with van der Waals surface area (Å²) in [5, 5.41) is 1.98. The number of rotatable bonds is 8. The highest BCUT2D eigenvalue weighted by Crippen LogP contribution is 2.20. The Balaban J connectivity index is 1.54. The summed E-state index contributed by atoms with van der Waals surface area (Å²) in [6.45, 7) is 11.2. The second-order valence-corrected chi connectivity index (χ2v) is 10.7. The van der Waals surface area contributed by atoms with Gasteiger partial charge in [0.15, 0.2) is 0 Å². The molecule has 5 nitrogen and oxygen atoms in total. The maximum Gasteiger partial charge on any atom is 0.228 e. The van der Waals surface area contributed by atoms with Crippen LogP contribution in [-0.2, 0) is 22.6 Å². The summed E-state index contributed by atoms with van der Waals surface area (Å²) < 4.78 is 13.3. The standard InChI is InChI=1S/C25H34FN3O2S/c1-25(2,3)18-24(31)28-13-10-27(11-14-28)12-15-29(19-20-6-8-21(26)9-7-20)23(30)17-22-5-4-16-32-22/h4-9,16H,10-15,17-19H2,1-3H3. The van der Waals surface area contributed by atoms with E-state index in [4.69, 9.17) is 0 Å². The molecule has 1 aromatic carbocycles. The molecule has 32 heavy (non-hydrogen) atoms. The highest BCUT2D eigenvalue weighted by atomic mass is 32.1. The minimum Gasteiger partial charge on any atom is -0.340 e. The van der Waals surface area contributed by atoms with E-state index >= 15 is 0 Å². The summed E-state index contributed by atoms with van der Waals surface area (Å²) in [7, 11) is 0. The molecule has 0 radical (unpaired) electrons. The molecule has 7 heteroatoms. The van der Waals surface area contributed by atoms with Gasteiger partial charge in [0.25, 0.3) is 0 Å². The zero-order valence-corrected chi connectivity index (χ0v) is 20.2. The van der Waals surface area contributed by atoms with E-state index in [-0.39, 0.29) is 23.0 Å². The molecule has 0 unspecified atom stereocenters. The number of halogens is 1. The van der Waals surface area contributed by atoms with Crippen LogP contribution >= 0.6 is 11.3 Å². The van der Waals surface area contributed by atoms with Gasteiger partial charge in [0.05, 0.1) is 6.42 Å². The van der Waals surface area contributed by atoms with Crippen molar-refractivity contribution in [1.29, 1.82) is 0 Å². The van der Waals surface area contributed by atoms with Gasteiger partial charge < -0.3 is 9.80 Å². The molecule has 1 aliphatic heterocycles. The highest BCUT2D eigenvalue weighted by Gasteiger charge is 2.25. The lowest BCUT2D eigenvalue weighted by molar-refractivity contribution is -0.134. The van der Waals surface area contributed by atoms with Crippen LogP contribution in [-0.4, -0.2) is 65.8 Å². The molecular formula is C25H34FN3O2S. The second-order valence-electron chi connectivity index (χ2n) is 9.66. The number of piperazine rings is 1. The predicted molar refractivity (Wildman–Crippen MR) is 127 cm³/mol. The lowest BCUT2D eigenvalue weighted by Gasteiger charge is -2.37. The van der Waals surface area contributed by atoms with Crippen molar-refractivity contribution in [3.05, 3.63) is 58.0 Å². The number of nitrogens with zero attached hydrogens (tertiary/aromatic N) is 3. The fraction of sp³-hybridized carbons (Fsp3) is 0.520. The third-order valence-electron chi connectivity index (χ3n) is 5.64. The number of thiophene rings is 1. The van der Waals surface area contributed by atoms with E-state index < -0.39 is 0 Å². The fourth-order valence-corrected chi connectivity index (χ4v) is 4.52. The first-order valence-electron chi connectivity index (χ1n) is 11.2. The molecule has 1 fully saturated rings. The molecule has 2 aromatic rings. The van der Waals surface area contributed by atoms with Gasteiger partial charge >= 0.3 is 0 Å². The minimum atomic E-state index is -0.274. The van der Waals surface area contributed by atoms with Crippen molar-refractivity contribution in [2.75, 3.05) is 39.3 Å². The third-order valence-corrected chi connectivity index (χ3v) is 6.51. The maximum atomic E-state index is 13.3. The molecule has 2 heterocycles. The Morgan fingerprint density at radius 3 is 2.34 bits per heavy atom. The molecule has 2 amide bonds. The third kappa shape index (κ3) is 7.71. The van der Waals surface area contributed by atoms with Gasteiger partial charge in [-0.15, -0.1) is 11.3 Å². The monoisotopic (exact) mass is 459 g/mol. The average molecular weight is 460 g/mol. The Bertz CT molecular complexity index is 870. The molecule has 174 valence electrons. The lowest BCUT2D eigenvalue weighted by atomic mass is 9.91. The van der Waals surface area contributed by atoms with Crippen molar-refractivity contribution in [3.8, 4) is 0 Å². The first-order chi connectivity index (χ1) is 15.2. The number of carbonyl (C=O) groups is 2. The SMILES string of the molecule is CC(C)(C)CC(=O)N1CCN(CCN(Cc2ccc(F)cc2)C(=O)Cc2cccs2)CC1. The van der Waals surface area contributed by atoms with E-state index in [1.165, 1.54) is 12.1 Å². The summed E-state index contributed by atoms with van der Waals surface area (Å²) in [5.41, 5.74) is 0.918. The van der Waals surface area contributed by atoms with Crippen molar-refractivity contribution in [1.82, 2.24) is 14.7 Å². The van der Waals surface area contributed by atoms with E-state index in [0.29, 0.717) is 25.9 Å². The van der Waals surface area contributed by atoms with Crippen LogP contribution in [0.25, 0.3) is 0 Å². The molecule has 1 aromatic heterocycles. The Morgan fingerprint density at radius 1 is 1.06 bits per heavy atom. The van der Waals surface area contributed by atoms with Gasteiger partial charge in [-0.1, -0.05) is 39.0 Å². The largest absolute Gasteiger partial charge is 0.340 e. The van der Waals surface area contributed by atoms with Gasteiger partial charge in [-0.25, -0.2) is 4.39 Å². The maximum absolute atomic E-state index is 13.3. The topological polar surface area (TPSA) is 43.9 Å². The average Bonchev–Trinajstić information content (AvgIpc) is 3.24. The summed E-state index contributed by atoms with van der Waals surface area (Å²) >= 11 is 1.58. The molecule has 0 aliphatic carbocycles. The predicted octanol–water partition coefficient (Wildman–Crippen LogP) is 4.04. The number of amides is 2. The van der Waals surface area contributed by atoms with Crippen molar-refractivity contribution in [3.63, 3.8) is 0 Å². The molecule has 0 saturated carbocycles. The highest BCUT2D eigenvalue weighted by molar-refractivity contribution is 7.10. The molecule has 0 spiro atoms. The van der Waals surface area contributed by atoms with E-state index in [0.717, 1.165) is 43.2 Å². The number of benzene rings is 1. The zero-order chi connectivity index (χ0) is 23.1. The molecule has 3 rings (SSSR count). The van der Waals surface area contributed by atoms with Gasteiger partial charge in [0.1, 0.15) is 5.82 Å². The lowest BCUT2D eigenvalue weighted by Crippen LogP contribution is -2.51. The molecule has 0 atom stereocenters. The molecule has 0 bridgehead atoms. The number of hydrogen-bond donors (Lipinski definition) is 0. The Hall–Kier alpha value is -2.25.